The highest BCUT2D eigenvalue weighted by molar-refractivity contribution is 5.78. The van der Waals surface area contributed by atoms with Crippen molar-refractivity contribution in [1.82, 2.24) is 5.32 Å². The summed E-state index contributed by atoms with van der Waals surface area (Å²) in [6.07, 6.45) is 1.63. The summed E-state index contributed by atoms with van der Waals surface area (Å²) in [6, 6.07) is 19.4. The predicted octanol–water partition coefficient (Wildman–Crippen LogP) is 3.40. The van der Waals surface area contributed by atoms with Crippen LogP contribution in [0.3, 0.4) is 0 Å². The number of carbonyl (C=O) groups excluding carboxylic acids is 1. The molecule has 1 N–H and O–H groups in total. The van der Waals surface area contributed by atoms with Crippen LogP contribution in [-0.2, 0) is 4.79 Å². The van der Waals surface area contributed by atoms with Gasteiger partial charge in [0.15, 0.2) is 0 Å². The average molecular weight is 263 g/mol. The summed E-state index contributed by atoms with van der Waals surface area (Å²) >= 11 is 0. The van der Waals surface area contributed by atoms with Crippen LogP contribution in [0, 0.1) is 5.92 Å². The second kappa shape index (κ2) is 4.48. The third kappa shape index (κ3) is 1.68. The Hall–Kier alpha value is -2.09. The van der Waals surface area contributed by atoms with E-state index < -0.39 is 0 Å². The van der Waals surface area contributed by atoms with E-state index in [4.69, 9.17) is 0 Å². The predicted molar refractivity (Wildman–Crippen MR) is 78.3 cm³/mol. The van der Waals surface area contributed by atoms with Crippen molar-refractivity contribution in [1.29, 1.82) is 0 Å². The quantitative estimate of drug-likeness (QED) is 0.839. The molecule has 1 saturated heterocycles. The third-order valence-electron chi connectivity index (χ3n) is 4.70. The van der Waals surface area contributed by atoms with Crippen LogP contribution in [0.4, 0.5) is 0 Å². The highest BCUT2D eigenvalue weighted by Gasteiger charge is 2.43. The van der Waals surface area contributed by atoms with Gasteiger partial charge in [-0.3, -0.25) is 4.79 Å². The van der Waals surface area contributed by atoms with E-state index in [1.165, 1.54) is 16.7 Å². The van der Waals surface area contributed by atoms with Crippen LogP contribution in [-0.4, -0.2) is 5.91 Å². The summed E-state index contributed by atoms with van der Waals surface area (Å²) in [5.74, 6) is 1.10. The number of benzene rings is 2. The lowest BCUT2D eigenvalue weighted by Gasteiger charge is -2.30. The van der Waals surface area contributed by atoms with Gasteiger partial charge in [0.2, 0.25) is 5.91 Å². The maximum absolute atomic E-state index is 11.7. The molecule has 1 heterocycles. The van der Waals surface area contributed by atoms with Crippen LogP contribution in [0.1, 0.15) is 41.5 Å². The fourth-order valence-electron chi connectivity index (χ4n) is 3.88. The molecule has 2 aromatic carbocycles. The van der Waals surface area contributed by atoms with Crippen molar-refractivity contribution in [2.45, 2.75) is 24.8 Å². The maximum atomic E-state index is 11.7. The molecular weight excluding hydrogens is 246 g/mol. The standard InChI is InChI=1S/C18H17NO/c20-16-11-10-15-17(12-6-2-1-3-7-12)13-8-4-5-9-14(13)18(15)19-16/h1-9,15,17-18H,10-11H2,(H,19,20)/t15-,17?,18-/m1/s1. The van der Waals surface area contributed by atoms with Crippen molar-refractivity contribution in [2.24, 2.45) is 5.92 Å². The number of carbonyl (C=O) groups is 1. The minimum Gasteiger partial charge on any atom is -0.349 e. The average Bonchev–Trinajstić information content (AvgIpc) is 2.82. The number of rotatable bonds is 1. The molecular formula is C18H17NO. The smallest absolute Gasteiger partial charge is 0.220 e. The van der Waals surface area contributed by atoms with Crippen molar-refractivity contribution in [3.8, 4) is 0 Å². The number of nitrogens with one attached hydrogen (secondary N) is 1. The fourth-order valence-corrected chi connectivity index (χ4v) is 3.88. The molecule has 1 aliphatic heterocycles. The molecule has 1 unspecified atom stereocenters. The Bertz CT molecular complexity index is 649. The van der Waals surface area contributed by atoms with E-state index >= 15 is 0 Å². The lowest BCUT2D eigenvalue weighted by atomic mass is 9.80. The topological polar surface area (TPSA) is 29.1 Å². The van der Waals surface area contributed by atoms with Gasteiger partial charge in [-0.25, -0.2) is 0 Å². The van der Waals surface area contributed by atoms with Crippen molar-refractivity contribution >= 4 is 5.91 Å². The zero-order valence-electron chi connectivity index (χ0n) is 11.3. The second-order valence-corrected chi connectivity index (χ2v) is 5.76. The van der Waals surface area contributed by atoms with E-state index in [1.807, 2.05) is 0 Å². The largest absolute Gasteiger partial charge is 0.349 e. The Morgan fingerprint density at radius 2 is 1.60 bits per heavy atom. The number of hydrogen-bond acceptors (Lipinski definition) is 1. The maximum Gasteiger partial charge on any atom is 0.220 e. The van der Waals surface area contributed by atoms with Gasteiger partial charge in [-0.1, -0.05) is 54.6 Å². The van der Waals surface area contributed by atoms with Crippen LogP contribution in [0.25, 0.3) is 0 Å². The van der Waals surface area contributed by atoms with Gasteiger partial charge in [-0.2, -0.15) is 0 Å². The molecule has 0 saturated carbocycles. The molecule has 4 rings (SSSR count). The summed E-state index contributed by atoms with van der Waals surface area (Å²) < 4.78 is 0. The Morgan fingerprint density at radius 1 is 0.900 bits per heavy atom. The lowest BCUT2D eigenvalue weighted by Crippen LogP contribution is -2.37. The first-order valence-corrected chi connectivity index (χ1v) is 7.28. The summed E-state index contributed by atoms with van der Waals surface area (Å²) in [6.45, 7) is 0. The van der Waals surface area contributed by atoms with Crippen molar-refractivity contribution in [3.05, 3.63) is 71.3 Å². The van der Waals surface area contributed by atoms with E-state index in [9.17, 15) is 4.79 Å². The molecule has 2 aromatic rings. The zero-order chi connectivity index (χ0) is 13.5. The molecule has 3 atom stereocenters. The van der Waals surface area contributed by atoms with Gasteiger partial charge in [0.05, 0.1) is 6.04 Å². The molecule has 1 amide bonds. The van der Waals surface area contributed by atoms with Gasteiger partial charge >= 0.3 is 0 Å². The van der Waals surface area contributed by atoms with Crippen LogP contribution >= 0.6 is 0 Å². The number of fused-ring (bicyclic) bond motifs is 3. The van der Waals surface area contributed by atoms with Crippen LogP contribution < -0.4 is 5.32 Å². The normalized spacial score (nSPS) is 27.6. The number of hydrogen-bond donors (Lipinski definition) is 1. The number of piperidine rings is 1. The second-order valence-electron chi connectivity index (χ2n) is 5.76. The molecule has 2 aliphatic rings. The van der Waals surface area contributed by atoms with E-state index in [0.717, 1.165) is 6.42 Å². The first kappa shape index (κ1) is 11.7. The SMILES string of the molecule is O=C1CC[C@@H]2C(c3ccccc3)c3ccccc3[C@H]2N1. The van der Waals surface area contributed by atoms with E-state index in [2.05, 4.69) is 59.9 Å². The molecule has 20 heavy (non-hydrogen) atoms. The van der Waals surface area contributed by atoms with Gasteiger partial charge in [0.25, 0.3) is 0 Å². The Balaban J connectivity index is 1.85. The van der Waals surface area contributed by atoms with E-state index in [0.29, 0.717) is 18.3 Å². The summed E-state index contributed by atoms with van der Waals surface area (Å²) in [5, 5.41) is 3.20. The molecule has 0 spiro atoms. The molecule has 0 bridgehead atoms. The van der Waals surface area contributed by atoms with Crippen molar-refractivity contribution in [2.75, 3.05) is 0 Å². The minimum atomic E-state index is 0.190. The van der Waals surface area contributed by atoms with Gasteiger partial charge in [-0.15, -0.1) is 0 Å². The van der Waals surface area contributed by atoms with Gasteiger partial charge in [-0.05, 0) is 29.0 Å². The molecule has 1 fully saturated rings. The first-order chi connectivity index (χ1) is 9.84. The molecule has 1 aliphatic carbocycles. The lowest BCUT2D eigenvalue weighted by molar-refractivity contribution is -0.124. The number of amides is 1. The summed E-state index contributed by atoms with van der Waals surface area (Å²) in [4.78, 5) is 11.7. The van der Waals surface area contributed by atoms with E-state index in [1.54, 1.807) is 0 Å². The fraction of sp³-hybridized carbons (Fsp3) is 0.278. The van der Waals surface area contributed by atoms with Crippen LogP contribution in [0.2, 0.25) is 0 Å². The Kier molecular flexibility index (Phi) is 2.62. The van der Waals surface area contributed by atoms with Gasteiger partial charge < -0.3 is 5.32 Å². The highest BCUT2D eigenvalue weighted by atomic mass is 16.1. The highest BCUT2D eigenvalue weighted by Crippen LogP contribution is 2.51. The Labute approximate surface area is 118 Å². The van der Waals surface area contributed by atoms with E-state index in [-0.39, 0.29) is 11.9 Å². The van der Waals surface area contributed by atoms with Crippen molar-refractivity contribution < 1.29 is 4.79 Å². The summed E-state index contributed by atoms with van der Waals surface area (Å²) in [5.41, 5.74) is 4.05. The molecule has 100 valence electrons. The van der Waals surface area contributed by atoms with Gasteiger partial charge in [0, 0.05) is 12.3 Å². The molecule has 2 heteroatoms. The minimum absolute atomic E-state index is 0.190. The molecule has 0 radical (unpaired) electrons. The monoisotopic (exact) mass is 263 g/mol. The van der Waals surface area contributed by atoms with Crippen LogP contribution in [0.15, 0.2) is 54.6 Å². The van der Waals surface area contributed by atoms with Crippen molar-refractivity contribution in [3.63, 3.8) is 0 Å². The third-order valence-corrected chi connectivity index (χ3v) is 4.70. The molecule has 2 nitrogen and oxygen atoms in total. The Morgan fingerprint density at radius 3 is 2.40 bits per heavy atom. The van der Waals surface area contributed by atoms with Gasteiger partial charge in [0.1, 0.15) is 0 Å². The first-order valence-electron chi connectivity index (χ1n) is 7.28. The summed E-state index contributed by atoms with van der Waals surface area (Å²) in [7, 11) is 0. The molecule has 0 aromatic heterocycles. The van der Waals surface area contributed by atoms with Crippen LogP contribution in [0.5, 0.6) is 0 Å². The zero-order valence-corrected chi connectivity index (χ0v) is 11.3.